The molecule has 0 bridgehead atoms. The van der Waals surface area contributed by atoms with Crippen molar-refractivity contribution in [3.8, 4) is 5.75 Å². The molecule has 1 fully saturated rings. The van der Waals surface area contributed by atoms with Crippen molar-refractivity contribution >= 4 is 12.0 Å². The highest BCUT2D eigenvalue weighted by atomic mass is 16.5. The van der Waals surface area contributed by atoms with Crippen molar-refractivity contribution in [1.82, 2.24) is 10.2 Å². The molecule has 34 heavy (non-hydrogen) atoms. The van der Waals surface area contributed by atoms with Crippen LogP contribution in [0.1, 0.15) is 83.6 Å². The van der Waals surface area contributed by atoms with Gasteiger partial charge in [0, 0.05) is 25.6 Å². The second kappa shape index (κ2) is 16.4. The molecule has 1 saturated carbocycles. The summed E-state index contributed by atoms with van der Waals surface area (Å²) in [5, 5.41) is 12.5. The van der Waals surface area contributed by atoms with E-state index < -0.39 is 12.1 Å². The zero-order valence-electron chi connectivity index (χ0n) is 21.1. The monoisotopic (exact) mass is 476 g/mol. The van der Waals surface area contributed by atoms with E-state index in [0.717, 1.165) is 37.8 Å². The van der Waals surface area contributed by atoms with Gasteiger partial charge >= 0.3 is 12.0 Å². The van der Waals surface area contributed by atoms with Gasteiger partial charge in [-0.15, -0.1) is 0 Å². The Morgan fingerprint density at radius 3 is 2.35 bits per heavy atom. The first-order chi connectivity index (χ1) is 16.5. The number of hydrogen-bond acceptors (Lipinski definition) is 4. The summed E-state index contributed by atoms with van der Waals surface area (Å²) in [6.07, 6.45) is 11.2. The van der Waals surface area contributed by atoms with E-state index in [0.29, 0.717) is 38.0 Å². The Bertz CT molecular complexity index is 703. The molecule has 1 atom stereocenters. The van der Waals surface area contributed by atoms with Crippen LogP contribution in [0.3, 0.4) is 0 Å². The predicted molar refractivity (Wildman–Crippen MR) is 134 cm³/mol. The predicted octanol–water partition coefficient (Wildman–Crippen LogP) is 5.41. The molecule has 7 nitrogen and oxygen atoms in total. The van der Waals surface area contributed by atoms with Crippen molar-refractivity contribution < 1.29 is 24.2 Å². The summed E-state index contributed by atoms with van der Waals surface area (Å²) in [5.74, 6) is -0.244. The van der Waals surface area contributed by atoms with Crippen molar-refractivity contribution in [2.45, 2.75) is 96.6 Å². The smallest absolute Gasteiger partial charge is 0.333 e. The number of amides is 2. The Kier molecular flexibility index (Phi) is 13.5. The SMILES string of the molecule is CCCCCCCCN(CCOc1ccc(CC(OCC)C(=O)O)cc1)C(=O)NC1CCCC1. The van der Waals surface area contributed by atoms with Gasteiger partial charge in [0.15, 0.2) is 6.10 Å². The van der Waals surface area contributed by atoms with E-state index in [4.69, 9.17) is 9.47 Å². The number of hydrogen-bond donors (Lipinski definition) is 2. The number of unbranched alkanes of at least 4 members (excludes halogenated alkanes) is 5. The number of benzene rings is 1. The van der Waals surface area contributed by atoms with Gasteiger partial charge in [-0.25, -0.2) is 9.59 Å². The summed E-state index contributed by atoms with van der Waals surface area (Å²) in [5.41, 5.74) is 0.883. The lowest BCUT2D eigenvalue weighted by molar-refractivity contribution is -0.149. The van der Waals surface area contributed by atoms with Crippen molar-refractivity contribution in [2.24, 2.45) is 0 Å². The summed E-state index contributed by atoms with van der Waals surface area (Å²) in [6.45, 7) is 6.08. The normalized spacial score (nSPS) is 14.6. The number of carboxylic acids is 1. The van der Waals surface area contributed by atoms with E-state index in [2.05, 4.69) is 12.2 Å². The summed E-state index contributed by atoms with van der Waals surface area (Å²) in [7, 11) is 0. The molecule has 0 aromatic heterocycles. The number of rotatable bonds is 17. The minimum Gasteiger partial charge on any atom is -0.492 e. The number of nitrogens with one attached hydrogen (secondary N) is 1. The Hall–Kier alpha value is -2.28. The molecule has 2 rings (SSSR count). The third-order valence-electron chi connectivity index (χ3n) is 6.37. The number of carbonyl (C=O) groups is 2. The first-order valence-electron chi connectivity index (χ1n) is 13.1. The summed E-state index contributed by atoms with van der Waals surface area (Å²) in [6, 6.07) is 7.75. The van der Waals surface area contributed by atoms with Crippen LogP contribution in [0.4, 0.5) is 4.79 Å². The number of ether oxygens (including phenoxy) is 2. The lowest BCUT2D eigenvalue weighted by Gasteiger charge is -2.25. The fraction of sp³-hybridized carbons (Fsp3) is 0.704. The Morgan fingerprint density at radius 2 is 1.71 bits per heavy atom. The Morgan fingerprint density at radius 1 is 1.03 bits per heavy atom. The van der Waals surface area contributed by atoms with Crippen LogP contribution in [0.25, 0.3) is 0 Å². The van der Waals surface area contributed by atoms with Crippen molar-refractivity contribution in [3.63, 3.8) is 0 Å². The molecular weight excluding hydrogens is 432 g/mol. The molecule has 0 aliphatic heterocycles. The molecule has 0 heterocycles. The number of nitrogens with zero attached hydrogens (tertiary/aromatic N) is 1. The van der Waals surface area contributed by atoms with E-state index in [1.54, 1.807) is 6.92 Å². The van der Waals surface area contributed by atoms with Crippen molar-refractivity contribution in [3.05, 3.63) is 29.8 Å². The average molecular weight is 477 g/mol. The number of urea groups is 1. The fourth-order valence-electron chi connectivity index (χ4n) is 4.36. The van der Waals surface area contributed by atoms with Crippen LogP contribution in [0.15, 0.2) is 24.3 Å². The van der Waals surface area contributed by atoms with Gasteiger partial charge in [-0.3, -0.25) is 0 Å². The second-order valence-corrected chi connectivity index (χ2v) is 9.16. The van der Waals surface area contributed by atoms with Crippen LogP contribution in [0.2, 0.25) is 0 Å². The molecular formula is C27H44N2O5. The largest absolute Gasteiger partial charge is 0.492 e. The lowest BCUT2D eigenvalue weighted by atomic mass is 10.1. The van der Waals surface area contributed by atoms with Crippen LogP contribution in [-0.2, 0) is 16.0 Å². The topological polar surface area (TPSA) is 88.1 Å². The van der Waals surface area contributed by atoms with Gasteiger partial charge in [0.25, 0.3) is 0 Å². The van der Waals surface area contributed by atoms with E-state index in [1.807, 2.05) is 29.2 Å². The number of aliphatic carboxylic acids is 1. The molecule has 0 spiro atoms. The molecule has 1 unspecified atom stereocenters. The zero-order chi connectivity index (χ0) is 24.6. The minimum absolute atomic E-state index is 0.0232. The highest BCUT2D eigenvalue weighted by Gasteiger charge is 2.21. The third-order valence-corrected chi connectivity index (χ3v) is 6.37. The van der Waals surface area contributed by atoms with Crippen LogP contribution in [-0.4, -0.2) is 60.5 Å². The maximum absolute atomic E-state index is 12.9. The van der Waals surface area contributed by atoms with Gasteiger partial charge in [-0.2, -0.15) is 0 Å². The van der Waals surface area contributed by atoms with E-state index in [9.17, 15) is 14.7 Å². The number of carbonyl (C=O) groups excluding carboxylic acids is 1. The standard InChI is InChI=1S/C27H44N2O5/c1-3-5-6-7-8-11-18-29(27(32)28-23-12-9-10-13-23)19-20-34-24-16-14-22(15-17-24)21-25(26(30)31)33-4-2/h14-17,23,25H,3-13,18-21H2,1-2H3,(H,28,32)(H,30,31). The van der Waals surface area contributed by atoms with Gasteiger partial charge in [-0.1, -0.05) is 64.0 Å². The second-order valence-electron chi connectivity index (χ2n) is 9.16. The highest BCUT2D eigenvalue weighted by molar-refractivity contribution is 5.74. The summed E-state index contributed by atoms with van der Waals surface area (Å²) in [4.78, 5) is 26.0. The van der Waals surface area contributed by atoms with Crippen LogP contribution in [0, 0.1) is 0 Å². The molecule has 1 aliphatic carbocycles. The quantitative estimate of drug-likeness (QED) is 0.293. The van der Waals surface area contributed by atoms with Crippen LogP contribution >= 0.6 is 0 Å². The van der Waals surface area contributed by atoms with Crippen molar-refractivity contribution in [1.29, 1.82) is 0 Å². The van der Waals surface area contributed by atoms with Crippen LogP contribution < -0.4 is 10.1 Å². The Labute approximate surface area is 205 Å². The maximum Gasteiger partial charge on any atom is 0.333 e. The Balaban J connectivity index is 1.81. The zero-order valence-corrected chi connectivity index (χ0v) is 21.1. The molecule has 0 saturated heterocycles. The fourth-order valence-corrected chi connectivity index (χ4v) is 4.36. The molecule has 2 amide bonds. The molecule has 0 radical (unpaired) electrons. The van der Waals surface area contributed by atoms with Crippen molar-refractivity contribution in [2.75, 3.05) is 26.3 Å². The molecule has 7 heteroatoms. The number of carboxylic acid groups (broad SMARTS) is 1. The lowest BCUT2D eigenvalue weighted by Crippen LogP contribution is -2.45. The van der Waals surface area contributed by atoms with E-state index >= 15 is 0 Å². The highest BCUT2D eigenvalue weighted by Crippen LogP contribution is 2.18. The summed E-state index contributed by atoms with van der Waals surface area (Å²) < 4.78 is 11.2. The molecule has 1 aromatic rings. The molecule has 1 aromatic carbocycles. The van der Waals surface area contributed by atoms with Gasteiger partial charge in [0.2, 0.25) is 0 Å². The first kappa shape index (κ1) is 28.0. The van der Waals surface area contributed by atoms with E-state index in [-0.39, 0.29) is 6.03 Å². The molecule has 1 aliphatic rings. The van der Waals surface area contributed by atoms with Gasteiger partial charge < -0.3 is 24.8 Å². The van der Waals surface area contributed by atoms with Gasteiger partial charge in [0.1, 0.15) is 12.4 Å². The third kappa shape index (κ3) is 10.8. The minimum atomic E-state index is -0.955. The summed E-state index contributed by atoms with van der Waals surface area (Å²) >= 11 is 0. The van der Waals surface area contributed by atoms with Gasteiger partial charge in [0.05, 0.1) is 6.54 Å². The molecule has 192 valence electrons. The van der Waals surface area contributed by atoms with Gasteiger partial charge in [-0.05, 0) is 43.9 Å². The average Bonchev–Trinajstić information content (AvgIpc) is 3.33. The van der Waals surface area contributed by atoms with Crippen LogP contribution in [0.5, 0.6) is 5.75 Å². The van der Waals surface area contributed by atoms with E-state index in [1.165, 1.54) is 38.5 Å². The maximum atomic E-state index is 12.9. The first-order valence-corrected chi connectivity index (χ1v) is 13.1. The molecule has 2 N–H and O–H groups in total.